The highest BCUT2D eigenvalue weighted by molar-refractivity contribution is 6.31. The van der Waals surface area contributed by atoms with E-state index in [1.54, 1.807) is 24.3 Å². The predicted octanol–water partition coefficient (Wildman–Crippen LogP) is 1.37. The minimum atomic E-state index is -1.93. The number of hydrogen-bond donors (Lipinski definition) is 1. The smallest absolute Gasteiger partial charge is 0.203 e. The molecule has 0 saturated carbocycles. The van der Waals surface area contributed by atoms with Crippen LogP contribution in [0.1, 0.15) is 27.1 Å². The number of fused-ring (bicyclic) bond motifs is 1. The SMILES string of the molecule is C=CCC1(O)C(=O)c2ccccc2C1=O. The van der Waals surface area contributed by atoms with Crippen LogP contribution in [0.2, 0.25) is 0 Å². The molecule has 3 nitrogen and oxygen atoms in total. The van der Waals surface area contributed by atoms with E-state index in [-0.39, 0.29) is 6.42 Å². The van der Waals surface area contributed by atoms with E-state index in [0.717, 1.165) is 0 Å². The van der Waals surface area contributed by atoms with Gasteiger partial charge in [0, 0.05) is 17.5 Å². The number of Topliss-reactive ketones (excluding diaryl/α,β-unsaturated/α-hetero) is 2. The summed E-state index contributed by atoms with van der Waals surface area (Å²) in [7, 11) is 0. The molecule has 1 aliphatic rings. The molecule has 2 rings (SSSR count). The first-order chi connectivity index (χ1) is 7.11. The zero-order chi connectivity index (χ0) is 11.1. The number of hydrogen-bond acceptors (Lipinski definition) is 3. The zero-order valence-corrected chi connectivity index (χ0v) is 8.06. The molecule has 0 radical (unpaired) electrons. The highest BCUT2D eigenvalue weighted by Gasteiger charge is 2.50. The number of rotatable bonds is 2. The molecule has 1 aromatic carbocycles. The summed E-state index contributed by atoms with van der Waals surface area (Å²) in [4.78, 5) is 23.6. The average Bonchev–Trinajstić information content (AvgIpc) is 2.43. The third-order valence-electron chi connectivity index (χ3n) is 2.61. The fourth-order valence-corrected chi connectivity index (χ4v) is 1.82. The van der Waals surface area contributed by atoms with E-state index >= 15 is 0 Å². The summed E-state index contributed by atoms with van der Waals surface area (Å²) in [6, 6.07) is 6.45. The molecule has 0 bridgehead atoms. The summed E-state index contributed by atoms with van der Waals surface area (Å²) >= 11 is 0. The van der Waals surface area contributed by atoms with E-state index in [1.165, 1.54) is 6.08 Å². The van der Waals surface area contributed by atoms with E-state index in [0.29, 0.717) is 11.1 Å². The van der Waals surface area contributed by atoms with Crippen molar-refractivity contribution in [2.45, 2.75) is 12.0 Å². The van der Waals surface area contributed by atoms with E-state index in [4.69, 9.17) is 0 Å². The topological polar surface area (TPSA) is 54.4 Å². The number of aliphatic hydroxyl groups is 1. The van der Waals surface area contributed by atoms with Crippen LogP contribution < -0.4 is 0 Å². The molecule has 0 spiro atoms. The lowest BCUT2D eigenvalue weighted by molar-refractivity contribution is 0.0344. The van der Waals surface area contributed by atoms with Crippen molar-refractivity contribution < 1.29 is 14.7 Å². The van der Waals surface area contributed by atoms with E-state index in [2.05, 4.69) is 6.58 Å². The fraction of sp³-hybridized carbons (Fsp3) is 0.167. The largest absolute Gasteiger partial charge is 0.374 e. The molecule has 0 fully saturated rings. The second kappa shape index (κ2) is 3.14. The third-order valence-corrected chi connectivity index (χ3v) is 2.61. The fourth-order valence-electron chi connectivity index (χ4n) is 1.82. The van der Waals surface area contributed by atoms with E-state index in [9.17, 15) is 14.7 Å². The van der Waals surface area contributed by atoms with Crippen molar-refractivity contribution in [3.63, 3.8) is 0 Å². The van der Waals surface area contributed by atoms with Gasteiger partial charge in [-0.25, -0.2) is 0 Å². The van der Waals surface area contributed by atoms with Gasteiger partial charge in [-0.05, 0) is 0 Å². The van der Waals surface area contributed by atoms with Gasteiger partial charge in [-0.3, -0.25) is 9.59 Å². The molecule has 0 unspecified atom stereocenters. The third kappa shape index (κ3) is 1.17. The Kier molecular flexibility index (Phi) is 2.05. The van der Waals surface area contributed by atoms with Crippen LogP contribution in [0.3, 0.4) is 0 Å². The summed E-state index contributed by atoms with van der Waals surface area (Å²) in [6.45, 7) is 3.44. The van der Waals surface area contributed by atoms with E-state index < -0.39 is 17.2 Å². The summed E-state index contributed by atoms with van der Waals surface area (Å²) in [6.07, 6.45) is 1.33. The van der Waals surface area contributed by atoms with Crippen molar-refractivity contribution >= 4 is 11.6 Å². The highest BCUT2D eigenvalue weighted by atomic mass is 16.3. The van der Waals surface area contributed by atoms with Gasteiger partial charge in [-0.15, -0.1) is 6.58 Å². The molecule has 0 aromatic heterocycles. The van der Waals surface area contributed by atoms with Crippen molar-refractivity contribution in [1.29, 1.82) is 0 Å². The minimum absolute atomic E-state index is 0.0423. The van der Waals surface area contributed by atoms with Crippen LogP contribution in [-0.4, -0.2) is 22.3 Å². The van der Waals surface area contributed by atoms with Crippen LogP contribution in [0.15, 0.2) is 36.9 Å². The molecule has 76 valence electrons. The van der Waals surface area contributed by atoms with E-state index in [1.807, 2.05) is 0 Å². The minimum Gasteiger partial charge on any atom is -0.374 e. The summed E-state index contributed by atoms with van der Waals surface area (Å²) in [5, 5.41) is 9.98. The quantitative estimate of drug-likeness (QED) is 0.582. The molecule has 0 atom stereocenters. The maximum absolute atomic E-state index is 11.8. The molecule has 0 amide bonds. The molecule has 15 heavy (non-hydrogen) atoms. The summed E-state index contributed by atoms with van der Waals surface area (Å²) in [5.74, 6) is -1.05. The lowest BCUT2D eigenvalue weighted by atomic mass is 9.94. The second-order valence-electron chi connectivity index (χ2n) is 3.56. The standard InChI is InChI=1S/C12H10O3/c1-2-7-12(15)10(13)8-5-3-4-6-9(8)11(12)14/h2-6,15H,1,7H2. The molecule has 1 aliphatic carbocycles. The Morgan fingerprint density at radius 2 is 1.67 bits per heavy atom. The van der Waals surface area contributed by atoms with Gasteiger partial charge < -0.3 is 5.11 Å². The molecular formula is C12H10O3. The van der Waals surface area contributed by atoms with Gasteiger partial charge in [-0.2, -0.15) is 0 Å². The number of benzene rings is 1. The molecule has 1 N–H and O–H groups in total. The number of carbonyl (C=O) groups excluding carboxylic acids is 2. The average molecular weight is 202 g/mol. The molecule has 0 saturated heterocycles. The molecular weight excluding hydrogens is 192 g/mol. The molecule has 0 heterocycles. The Hall–Kier alpha value is -1.74. The van der Waals surface area contributed by atoms with Gasteiger partial charge in [-0.1, -0.05) is 30.3 Å². The first kappa shape index (κ1) is 9.80. The monoisotopic (exact) mass is 202 g/mol. The van der Waals surface area contributed by atoms with Crippen molar-refractivity contribution in [3.05, 3.63) is 48.0 Å². The summed E-state index contributed by atoms with van der Waals surface area (Å²) < 4.78 is 0. The van der Waals surface area contributed by atoms with Gasteiger partial charge in [0.05, 0.1) is 0 Å². The molecule has 1 aromatic rings. The first-order valence-corrected chi connectivity index (χ1v) is 4.63. The lowest BCUT2D eigenvalue weighted by Crippen LogP contribution is -2.40. The van der Waals surface area contributed by atoms with Crippen molar-refractivity contribution in [3.8, 4) is 0 Å². The van der Waals surface area contributed by atoms with Crippen LogP contribution in [0.4, 0.5) is 0 Å². The highest BCUT2D eigenvalue weighted by Crippen LogP contribution is 2.32. The Bertz CT molecular complexity index is 425. The van der Waals surface area contributed by atoms with Gasteiger partial charge >= 0.3 is 0 Å². The Labute approximate surface area is 87.0 Å². The first-order valence-electron chi connectivity index (χ1n) is 4.63. The predicted molar refractivity (Wildman–Crippen MR) is 54.9 cm³/mol. The Balaban J connectivity index is 2.59. The van der Waals surface area contributed by atoms with Gasteiger partial charge in [0.25, 0.3) is 0 Å². The van der Waals surface area contributed by atoms with Crippen LogP contribution in [0.5, 0.6) is 0 Å². The van der Waals surface area contributed by atoms with Crippen LogP contribution in [0.25, 0.3) is 0 Å². The zero-order valence-electron chi connectivity index (χ0n) is 8.06. The van der Waals surface area contributed by atoms with Gasteiger partial charge in [0.2, 0.25) is 11.6 Å². The van der Waals surface area contributed by atoms with Gasteiger partial charge in [0.1, 0.15) is 0 Å². The Morgan fingerprint density at radius 3 is 2.07 bits per heavy atom. The number of carbonyl (C=O) groups is 2. The molecule has 3 heteroatoms. The van der Waals surface area contributed by atoms with Crippen LogP contribution >= 0.6 is 0 Å². The normalized spacial score (nSPS) is 17.7. The van der Waals surface area contributed by atoms with Crippen molar-refractivity contribution in [2.24, 2.45) is 0 Å². The lowest BCUT2D eigenvalue weighted by Gasteiger charge is -2.15. The van der Waals surface area contributed by atoms with Crippen LogP contribution in [-0.2, 0) is 0 Å². The van der Waals surface area contributed by atoms with Crippen molar-refractivity contribution in [1.82, 2.24) is 0 Å². The number of ketones is 2. The van der Waals surface area contributed by atoms with Crippen molar-refractivity contribution in [2.75, 3.05) is 0 Å². The maximum Gasteiger partial charge on any atom is 0.203 e. The maximum atomic E-state index is 11.8. The summed E-state index contributed by atoms with van der Waals surface area (Å²) in [5.41, 5.74) is -1.33. The molecule has 0 aliphatic heterocycles. The van der Waals surface area contributed by atoms with Crippen LogP contribution in [0, 0.1) is 0 Å². The second-order valence-corrected chi connectivity index (χ2v) is 3.56. The Morgan fingerprint density at radius 1 is 1.20 bits per heavy atom. The van der Waals surface area contributed by atoms with Gasteiger partial charge in [0.15, 0.2) is 5.60 Å².